The van der Waals surface area contributed by atoms with Crippen molar-refractivity contribution in [3.8, 4) is 0 Å². The summed E-state index contributed by atoms with van der Waals surface area (Å²) in [6.45, 7) is 0. The molecule has 0 unspecified atom stereocenters. The summed E-state index contributed by atoms with van der Waals surface area (Å²) in [6.07, 6.45) is 0. The molecule has 0 fully saturated rings. The fourth-order valence-corrected chi connectivity index (χ4v) is 2.19. The van der Waals surface area contributed by atoms with E-state index in [1.165, 1.54) is 29.5 Å². The molecular formula is C12H9ClN2O3S. The first kappa shape index (κ1) is 13.4. The highest BCUT2D eigenvalue weighted by molar-refractivity contribution is 7.08. The van der Waals surface area contributed by atoms with E-state index in [0.717, 1.165) is 0 Å². The number of nitrogens with one attached hydrogen (secondary N) is 2. The lowest BCUT2D eigenvalue weighted by Gasteiger charge is -2.08. The first-order valence-electron chi connectivity index (χ1n) is 5.19. The zero-order chi connectivity index (χ0) is 13.8. The Balaban J connectivity index is 2.07. The fourth-order valence-electron chi connectivity index (χ4n) is 1.37. The van der Waals surface area contributed by atoms with E-state index in [4.69, 9.17) is 16.7 Å². The zero-order valence-corrected chi connectivity index (χ0v) is 11.1. The van der Waals surface area contributed by atoms with Gasteiger partial charge in [0.25, 0.3) is 0 Å². The number of hydrogen-bond donors (Lipinski definition) is 3. The summed E-state index contributed by atoms with van der Waals surface area (Å²) in [5.74, 6) is -1.07. The first-order chi connectivity index (χ1) is 9.06. The van der Waals surface area contributed by atoms with Gasteiger partial charge in [-0.3, -0.25) is 0 Å². The van der Waals surface area contributed by atoms with Crippen LogP contribution in [0.4, 0.5) is 16.2 Å². The van der Waals surface area contributed by atoms with E-state index in [-0.39, 0.29) is 10.6 Å². The van der Waals surface area contributed by atoms with E-state index in [2.05, 4.69) is 10.6 Å². The third kappa shape index (κ3) is 3.46. The summed E-state index contributed by atoms with van der Waals surface area (Å²) in [6, 6.07) is 5.42. The maximum Gasteiger partial charge on any atom is 0.335 e. The van der Waals surface area contributed by atoms with E-state index in [1.54, 1.807) is 11.4 Å². The van der Waals surface area contributed by atoms with Crippen molar-refractivity contribution in [3.63, 3.8) is 0 Å². The number of urea groups is 1. The van der Waals surface area contributed by atoms with E-state index in [9.17, 15) is 9.59 Å². The second-order valence-electron chi connectivity index (χ2n) is 3.59. The Morgan fingerprint density at radius 3 is 2.58 bits per heavy atom. The molecule has 0 aliphatic rings. The lowest BCUT2D eigenvalue weighted by Crippen LogP contribution is -2.19. The van der Waals surface area contributed by atoms with Crippen LogP contribution >= 0.6 is 22.9 Å². The van der Waals surface area contributed by atoms with E-state index < -0.39 is 12.0 Å². The number of halogens is 1. The smallest absolute Gasteiger partial charge is 0.335 e. The molecule has 0 aliphatic carbocycles. The summed E-state index contributed by atoms with van der Waals surface area (Å²) in [7, 11) is 0. The molecule has 2 aromatic rings. The summed E-state index contributed by atoms with van der Waals surface area (Å²) in [4.78, 5) is 22.4. The maximum absolute atomic E-state index is 11.7. The third-order valence-corrected chi connectivity index (χ3v) is 3.24. The molecule has 5 nitrogen and oxygen atoms in total. The van der Waals surface area contributed by atoms with Crippen LogP contribution in [0.25, 0.3) is 0 Å². The van der Waals surface area contributed by atoms with Gasteiger partial charge in [0.2, 0.25) is 0 Å². The molecule has 19 heavy (non-hydrogen) atoms. The average Bonchev–Trinajstić information content (AvgIpc) is 2.84. The Morgan fingerprint density at radius 1 is 1.21 bits per heavy atom. The number of aromatic carboxylic acids is 1. The van der Waals surface area contributed by atoms with Crippen LogP contribution in [0.1, 0.15) is 10.4 Å². The van der Waals surface area contributed by atoms with Crippen LogP contribution in [0.15, 0.2) is 35.0 Å². The van der Waals surface area contributed by atoms with Gasteiger partial charge in [0.15, 0.2) is 0 Å². The van der Waals surface area contributed by atoms with Gasteiger partial charge in [0.1, 0.15) is 0 Å². The fraction of sp³-hybridized carbons (Fsp3) is 0. The Kier molecular flexibility index (Phi) is 4.03. The number of carboxylic acids is 1. The van der Waals surface area contributed by atoms with E-state index in [1.807, 2.05) is 5.38 Å². The molecule has 2 rings (SSSR count). The Hall–Kier alpha value is -2.05. The molecule has 0 radical (unpaired) electrons. The number of carbonyl (C=O) groups excluding carboxylic acids is 1. The van der Waals surface area contributed by atoms with Gasteiger partial charge in [-0.25, -0.2) is 9.59 Å². The van der Waals surface area contributed by atoms with Crippen molar-refractivity contribution in [1.29, 1.82) is 0 Å². The van der Waals surface area contributed by atoms with Gasteiger partial charge >= 0.3 is 12.0 Å². The number of carboxylic acid groups (broad SMARTS) is 1. The number of rotatable bonds is 3. The zero-order valence-electron chi connectivity index (χ0n) is 9.51. The molecular weight excluding hydrogens is 288 g/mol. The molecule has 98 valence electrons. The van der Waals surface area contributed by atoms with Gasteiger partial charge in [-0.05, 0) is 29.6 Å². The summed E-state index contributed by atoms with van der Waals surface area (Å²) >= 11 is 7.36. The SMILES string of the molecule is O=C(Nc1ccsc1)Nc1ccc(C(=O)O)cc1Cl. The number of hydrogen-bond acceptors (Lipinski definition) is 3. The van der Waals surface area contributed by atoms with Crippen LogP contribution in [0.3, 0.4) is 0 Å². The van der Waals surface area contributed by atoms with Gasteiger partial charge in [-0.2, -0.15) is 11.3 Å². The standard InChI is InChI=1S/C12H9ClN2O3S/c13-9-5-7(11(16)17)1-2-10(9)15-12(18)14-8-3-4-19-6-8/h1-6H,(H,16,17)(H2,14,15,18). The topological polar surface area (TPSA) is 78.4 Å². The molecule has 0 saturated carbocycles. The van der Waals surface area contributed by atoms with Crippen molar-refractivity contribution >= 4 is 46.3 Å². The molecule has 1 aromatic heterocycles. The molecule has 3 N–H and O–H groups in total. The van der Waals surface area contributed by atoms with E-state index >= 15 is 0 Å². The highest BCUT2D eigenvalue weighted by atomic mass is 35.5. The molecule has 0 atom stereocenters. The number of thiophene rings is 1. The quantitative estimate of drug-likeness (QED) is 0.807. The van der Waals surface area contributed by atoms with Crippen molar-refractivity contribution in [1.82, 2.24) is 0 Å². The number of anilines is 2. The molecule has 0 saturated heterocycles. The maximum atomic E-state index is 11.7. The predicted octanol–water partition coefficient (Wildman–Crippen LogP) is 3.74. The monoisotopic (exact) mass is 296 g/mol. The van der Waals surface area contributed by atoms with Crippen LogP contribution in [0.5, 0.6) is 0 Å². The molecule has 2 amide bonds. The third-order valence-electron chi connectivity index (χ3n) is 2.24. The summed E-state index contributed by atoms with van der Waals surface area (Å²) < 4.78 is 0. The minimum absolute atomic E-state index is 0.0637. The Bertz CT molecular complexity index is 613. The highest BCUT2D eigenvalue weighted by Gasteiger charge is 2.09. The van der Waals surface area contributed by atoms with Crippen molar-refractivity contribution in [2.75, 3.05) is 10.6 Å². The second kappa shape index (κ2) is 5.73. The highest BCUT2D eigenvalue weighted by Crippen LogP contribution is 2.23. The summed E-state index contributed by atoms with van der Waals surface area (Å²) in [5.41, 5.74) is 1.09. The predicted molar refractivity (Wildman–Crippen MR) is 75.4 cm³/mol. The first-order valence-corrected chi connectivity index (χ1v) is 6.51. The van der Waals surface area contributed by atoms with Crippen LogP contribution in [-0.2, 0) is 0 Å². The summed E-state index contributed by atoms with van der Waals surface area (Å²) in [5, 5.41) is 17.8. The van der Waals surface area contributed by atoms with Crippen LogP contribution in [0.2, 0.25) is 5.02 Å². The van der Waals surface area contributed by atoms with Crippen LogP contribution < -0.4 is 10.6 Å². The second-order valence-corrected chi connectivity index (χ2v) is 4.78. The largest absolute Gasteiger partial charge is 0.478 e. The average molecular weight is 297 g/mol. The van der Waals surface area contributed by atoms with Crippen molar-refractivity contribution < 1.29 is 14.7 Å². The Labute approximate surface area is 117 Å². The molecule has 7 heteroatoms. The normalized spacial score (nSPS) is 9.95. The van der Waals surface area contributed by atoms with Crippen LogP contribution in [-0.4, -0.2) is 17.1 Å². The van der Waals surface area contributed by atoms with Gasteiger partial charge < -0.3 is 15.7 Å². The molecule has 1 heterocycles. The van der Waals surface area contributed by atoms with Crippen molar-refractivity contribution in [2.45, 2.75) is 0 Å². The van der Waals surface area contributed by atoms with Crippen molar-refractivity contribution in [2.24, 2.45) is 0 Å². The lowest BCUT2D eigenvalue weighted by atomic mass is 10.2. The van der Waals surface area contributed by atoms with Gasteiger partial charge in [-0.1, -0.05) is 11.6 Å². The minimum atomic E-state index is -1.07. The molecule has 0 aliphatic heterocycles. The number of benzene rings is 1. The van der Waals surface area contributed by atoms with Gasteiger partial charge in [0.05, 0.1) is 22.0 Å². The van der Waals surface area contributed by atoms with Crippen LogP contribution in [0, 0.1) is 0 Å². The number of carbonyl (C=O) groups is 2. The molecule has 0 bridgehead atoms. The number of amides is 2. The van der Waals surface area contributed by atoms with Gasteiger partial charge in [0, 0.05) is 5.38 Å². The van der Waals surface area contributed by atoms with E-state index in [0.29, 0.717) is 11.4 Å². The molecule has 0 spiro atoms. The Morgan fingerprint density at radius 2 is 2.00 bits per heavy atom. The minimum Gasteiger partial charge on any atom is -0.478 e. The van der Waals surface area contributed by atoms with Crippen molar-refractivity contribution in [3.05, 3.63) is 45.6 Å². The molecule has 1 aromatic carbocycles. The van der Waals surface area contributed by atoms with Gasteiger partial charge in [-0.15, -0.1) is 0 Å². The lowest BCUT2D eigenvalue weighted by molar-refractivity contribution is 0.0697.